The Labute approximate surface area is 102 Å². The summed E-state index contributed by atoms with van der Waals surface area (Å²) in [5.41, 5.74) is 2.06. The molecule has 0 radical (unpaired) electrons. The largest absolute Gasteiger partial charge is 0.305 e. The zero-order chi connectivity index (χ0) is 12.0. The molecule has 0 aliphatic rings. The van der Waals surface area contributed by atoms with Gasteiger partial charge < -0.3 is 5.32 Å². The van der Waals surface area contributed by atoms with Crippen LogP contribution in [-0.2, 0) is 0 Å². The molecular weight excluding hydrogens is 218 g/mol. The molecule has 0 fully saturated rings. The molecule has 0 aliphatic carbocycles. The maximum absolute atomic E-state index is 4.38. The van der Waals surface area contributed by atoms with Gasteiger partial charge in [0.2, 0.25) is 0 Å². The van der Waals surface area contributed by atoms with Gasteiger partial charge in [0.1, 0.15) is 0 Å². The van der Waals surface area contributed by atoms with Crippen molar-refractivity contribution in [3.63, 3.8) is 0 Å². The van der Waals surface area contributed by atoms with Gasteiger partial charge in [-0.15, -0.1) is 0 Å². The number of hydrogen-bond donors (Lipinski definition) is 1. The number of nitrogens with zero attached hydrogens (tertiary/aromatic N) is 2. The van der Waals surface area contributed by atoms with Gasteiger partial charge in [-0.05, 0) is 26.5 Å². The summed E-state index contributed by atoms with van der Waals surface area (Å²) in [5, 5.41) is 3.55. The van der Waals surface area contributed by atoms with Crippen LogP contribution in [0.3, 0.4) is 0 Å². The van der Waals surface area contributed by atoms with E-state index in [2.05, 4.69) is 36.1 Å². The molecule has 1 rings (SSSR count). The molecule has 1 aromatic heterocycles. The van der Waals surface area contributed by atoms with Crippen LogP contribution in [0.5, 0.6) is 0 Å². The molecule has 0 bridgehead atoms. The molecule has 1 aromatic rings. The Balaban J connectivity index is 2.52. The van der Waals surface area contributed by atoms with Gasteiger partial charge in [0, 0.05) is 30.2 Å². The highest BCUT2D eigenvalue weighted by molar-refractivity contribution is 7.99. The Morgan fingerprint density at radius 1 is 1.31 bits per heavy atom. The second kappa shape index (κ2) is 6.86. The van der Waals surface area contributed by atoms with Crippen molar-refractivity contribution in [2.24, 2.45) is 0 Å². The third kappa shape index (κ3) is 4.10. The minimum atomic E-state index is 0.265. The van der Waals surface area contributed by atoms with Gasteiger partial charge in [0.15, 0.2) is 0 Å². The van der Waals surface area contributed by atoms with Gasteiger partial charge >= 0.3 is 0 Å². The molecule has 2 atom stereocenters. The van der Waals surface area contributed by atoms with E-state index in [0.29, 0.717) is 6.04 Å². The highest BCUT2D eigenvalue weighted by Gasteiger charge is 2.12. The molecule has 0 aromatic carbocycles. The standard InChI is InChI=1S/C12H21N3S/c1-5-16-8-9(2)15-11(4)12-10(3)13-6-7-14-12/h6-7,9,11,15H,5,8H2,1-4H3. The molecule has 16 heavy (non-hydrogen) atoms. The first-order chi connectivity index (χ1) is 7.65. The highest BCUT2D eigenvalue weighted by atomic mass is 32.2. The van der Waals surface area contributed by atoms with Crippen LogP contribution in [0.15, 0.2) is 12.4 Å². The van der Waals surface area contributed by atoms with Gasteiger partial charge in [0.05, 0.1) is 11.4 Å². The Kier molecular flexibility index (Phi) is 5.77. The lowest BCUT2D eigenvalue weighted by Crippen LogP contribution is -2.31. The van der Waals surface area contributed by atoms with Crippen molar-refractivity contribution in [1.29, 1.82) is 0 Å². The quantitative estimate of drug-likeness (QED) is 0.828. The van der Waals surface area contributed by atoms with Gasteiger partial charge in [0.25, 0.3) is 0 Å². The average Bonchev–Trinajstić information content (AvgIpc) is 2.26. The van der Waals surface area contributed by atoms with E-state index in [1.807, 2.05) is 18.7 Å². The SMILES string of the molecule is CCSCC(C)NC(C)c1nccnc1C. The maximum atomic E-state index is 4.38. The van der Waals surface area contributed by atoms with E-state index in [4.69, 9.17) is 0 Å². The second-order valence-corrected chi connectivity index (χ2v) is 5.29. The first-order valence-corrected chi connectivity index (χ1v) is 6.92. The predicted molar refractivity (Wildman–Crippen MR) is 70.8 cm³/mol. The monoisotopic (exact) mass is 239 g/mol. The van der Waals surface area contributed by atoms with E-state index in [0.717, 1.165) is 17.1 Å². The molecule has 3 nitrogen and oxygen atoms in total. The summed E-state index contributed by atoms with van der Waals surface area (Å²) in [6, 6.07) is 0.766. The minimum Gasteiger partial charge on any atom is -0.305 e. The number of rotatable bonds is 6. The lowest BCUT2D eigenvalue weighted by molar-refractivity contribution is 0.498. The topological polar surface area (TPSA) is 37.8 Å². The van der Waals surface area contributed by atoms with Crippen LogP contribution in [0.25, 0.3) is 0 Å². The summed E-state index contributed by atoms with van der Waals surface area (Å²) in [6.07, 6.45) is 3.49. The predicted octanol–water partition coefficient (Wildman–Crippen LogP) is 2.58. The summed E-state index contributed by atoms with van der Waals surface area (Å²) in [4.78, 5) is 8.64. The van der Waals surface area contributed by atoms with E-state index in [9.17, 15) is 0 Å². The lowest BCUT2D eigenvalue weighted by Gasteiger charge is -2.20. The fraction of sp³-hybridized carbons (Fsp3) is 0.667. The van der Waals surface area contributed by atoms with Crippen molar-refractivity contribution in [2.45, 2.75) is 39.8 Å². The van der Waals surface area contributed by atoms with Crippen molar-refractivity contribution >= 4 is 11.8 Å². The van der Waals surface area contributed by atoms with Crippen LogP contribution in [0.4, 0.5) is 0 Å². The fourth-order valence-corrected chi connectivity index (χ4v) is 2.38. The number of thioether (sulfide) groups is 1. The summed E-state index contributed by atoms with van der Waals surface area (Å²) in [5.74, 6) is 2.31. The Morgan fingerprint density at radius 2 is 2.00 bits per heavy atom. The van der Waals surface area contributed by atoms with Crippen molar-refractivity contribution in [3.8, 4) is 0 Å². The van der Waals surface area contributed by atoms with Gasteiger partial charge in [-0.25, -0.2) is 0 Å². The molecule has 0 saturated carbocycles. The van der Waals surface area contributed by atoms with Gasteiger partial charge in [-0.3, -0.25) is 9.97 Å². The van der Waals surface area contributed by atoms with E-state index in [1.165, 1.54) is 5.75 Å². The van der Waals surface area contributed by atoms with Crippen LogP contribution in [0.2, 0.25) is 0 Å². The number of nitrogens with one attached hydrogen (secondary N) is 1. The van der Waals surface area contributed by atoms with Gasteiger partial charge in [-0.2, -0.15) is 11.8 Å². The molecule has 0 amide bonds. The molecule has 2 unspecified atom stereocenters. The number of aryl methyl sites for hydroxylation is 1. The minimum absolute atomic E-state index is 0.265. The van der Waals surface area contributed by atoms with Crippen LogP contribution in [-0.4, -0.2) is 27.5 Å². The molecule has 0 saturated heterocycles. The van der Waals surface area contributed by atoms with Crippen LogP contribution in [0.1, 0.15) is 38.2 Å². The average molecular weight is 239 g/mol. The third-order valence-electron chi connectivity index (χ3n) is 2.44. The van der Waals surface area contributed by atoms with E-state index < -0.39 is 0 Å². The molecule has 90 valence electrons. The molecule has 1 N–H and O–H groups in total. The Bertz CT molecular complexity index is 317. The molecule has 4 heteroatoms. The maximum Gasteiger partial charge on any atom is 0.0782 e. The van der Waals surface area contributed by atoms with E-state index in [-0.39, 0.29) is 6.04 Å². The zero-order valence-electron chi connectivity index (χ0n) is 10.5. The van der Waals surface area contributed by atoms with Gasteiger partial charge in [-0.1, -0.05) is 6.92 Å². The van der Waals surface area contributed by atoms with E-state index >= 15 is 0 Å². The highest BCUT2D eigenvalue weighted by Crippen LogP contribution is 2.13. The van der Waals surface area contributed by atoms with Crippen LogP contribution >= 0.6 is 11.8 Å². The van der Waals surface area contributed by atoms with Crippen molar-refractivity contribution in [2.75, 3.05) is 11.5 Å². The summed E-state index contributed by atoms with van der Waals surface area (Å²) in [7, 11) is 0. The van der Waals surface area contributed by atoms with Crippen LogP contribution < -0.4 is 5.32 Å². The Morgan fingerprint density at radius 3 is 2.62 bits per heavy atom. The smallest absolute Gasteiger partial charge is 0.0782 e. The van der Waals surface area contributed by atoms with Crippen molar-refractivity contribution in [3.05, 3.63) is 23.8 Å². The fourth-order valence-electron chi connectivity index (χ4n) is 1.69. The van der Waals surface area contributed by atoms with E-state index in [1.54, 1.807) is 12.4 Å². The number of hydrogen-bond acceptors (Lipinski definition) is 4. The molecule has 0 spiro atoms. The van der Waals surface area contributed by atoms with Crippen LogP contribution in [0, 0.1) is 6.92 Å². The summed E-state index contributed by atoms with van der Waals surface area (Å²) < 4.78 is 0. The summed E-state index contributed by atoms with van der Waals surface area (Å²) in [6.45, 7) is 8.55. The normalized spacial score (nSPS) is 14.8. The lowest BCUT2D eigenvalue weighted by atomic mass is 10.1. The molecular formula is C12H21N3S. The molecule has 0 aliphatic heterocycles. The zero-order valence-corrected chi connectivity index (χ0v) is 11.3. The van der Waals surface area contributed by atoms with Crippen molar-refractivity contribution < 1.29 is 0 Å². The first kappa shape index (κ1) is 13.5. The second-order valence-electron chi connectivity index (χ2n) is 3.98. The Hall–Kier alpha value is -0.610. The third-order valence-corrected chi connectivity index (χ3v) is 3.58. The number of aromatic nitrogens is 2. The summed E-state index contributed by atoms with van der Waals surface area (Å²) >= 11 is 1.96. The van der Waals surface area contributed by atoms with Crippen molar-refractivity contribution in [1.82, 2.24) is 15.3 Å². The molecule has 1 heterocycles. The first-order valence-electron chi connectivity index (χ1n) is 5.76.